The molecule has 1 heterocycles. The Morgan fingerprint density at radius 3 is 2.43 bits per heavy atom. The highest BCUT2D eigenvalue weighted by Crippen LogP contribution is 2.19. The maximum atomic E-state index is 11.9. The van der Waals surface area contributed by atoms with Crippen LogP contribution in [0, 0.1) is 5.92 Å². The Morgan fingerprint density at radius 2 is 1.90 bits per heavy atom. The van der Waals surface area contributed by atoms with Crippen molar-refractivity contribution in [3.05, 3.63) is 0 Å². The van der Waals surface area contributed by atoms with E-state index in [1.54, 1.807) is 4.90 Å². The number of nitrogens with one attached hydrogen (secondary N) is 1. The molecule has 0 unspecified atom stereocenters. The van der Waals surface area contributed by atoms with Gasteiger partial charge in [-0.15, -0.1) is 0 Å². The maximum Gasteiger partial charge on any atom is 0.410 e. The average Bonchev–Trinajstić information content (AvgIpc) is 2.36. The van der Waals surface area contributed by atoms with Crippen molar-refractivity contribution in [3.8, 4) is 0 Å². The van der Waals surface area contributed by atoms with Crippen LogP contribution in [-0.2, 0) is 9.53 Å². The second-order valence-electron chi connectivity index (χ2n) is 6.68. The van der Waals surface area contributed by atoms with E-state index >= 15 is 0 Å². The highest BCUT2D eigenvalue weighted by molar-refractivity contribution is 5.73. The van der Waals surface area contributed by atoms with Gasteiger partial charge in [-0.1, -0.05) is 0 Å². The van der Waals surface area contributed by atoms with Gasteiger partial charge in [0.1, 0.15) is 5.60 Å². The Hall–Kier alpha value is -1.30. The molecule has 0 radical (unpaired) electrons. The topological polar surface area (TPSA) is 84.7 Å². The van der Waals surface area contributed by atoms with Crippen LogP contribution in [0.5, 0.6) is 0 Å². The van der Waals surface area contributed by atoms with Crippen molar-refractivity contribution in [2.45, 2.75) is 52.1 Å². The summed E-state index contributed by atoms with van der Waals surface area (Å²) in [5.74, 6) is 0.333. The van der Waals surface area contributed by atoms with Crippen LogP contribution in [0.15, 0.2) is 0 Å². The molecule has 3 N–H and O–H groups in total. The van der Waals surface area contributed by atoms with Crippen molar-refractivity contribution in [2.75, 3.05) is 26.2 Å². The van der Waals surface area contributed by atoms with Gasteiger partial charge in [0.15, 0.2) is 0 Å². The van der Waals surface area contributed by atoms with Crippen LogP contribution in [0.25, 0.3) is 0 Å². The van der Waals surface area contributed by atoms with E-state index in [1.807, 2.05) is 20.8 Å². The Morgan fingerprint density at radius 1 is 1.29 bits per heavy atom. The number of likely N-dealkylation sites (tertiary alicyclic amines) is 1. The molecule has 0 saturated carbocycles. The Labute approximate surface area is 127 Å². The van der Waals surface area contributed by atoms with Gasteiger partial charge >= 0.3 is 6.09 Å². The summed E-state index contributed by atoms with van der Waals surface area (Å²) in [5, 5.41) is 3.35. The lowest BCUT2D eigenvalue weighted by Gasteiger charge is -2.33. The number of rotatable bonds is 6. The third kappa shape index (κ3) is 7.90. The van der Waals surface area contributed by atoms with E-state index in [9.17, 15) is 9.59 Å². The molecule has 0 aromatic carbocycles. The lowest BCUT2D eigenvalue weighted by Crippen LogP contribution is -2.43. The molecule has 2 amide bonds. The standard InChI is InChI=1S/C15H29N3O3/c1-15(2,3)21-14(20)18-9-6-12(7-10-18)11-17-8-4-5-13(16)19/h12,17H,4-11H2,1-3H3,(H2,16,19). The first-order chi connectivity index (χ1) is 9.78. The van der Waals surface area contributed by atoms with Crippen LogP contribution < -0.4 is 11.1 Å². The van der Waals surface area contributed by atoms with Gasteiger partial charge < -0.3 is 20.7 Å². The Kier molecular flexibility index (Phi) is 6.95. The number of amides is 2. The fourth-order valence-corrected chi connectivity index (χ4v) is 2.34. The summed E-state index contributed by atoms with van der Waals surface area (Å²) < 4.78 is 5.38. The molecule has 21 heavy (non-hydrogen) atoms. The molecule has 0 aromatic heterocycles. The van der Waals surface area contributed by atoms with E-state index < -0.39 is 5.60 Å². The van der Waals surface area contributed by atoms with E-state index in [2.05, 4.69) is 5.32 Å². The van der Waals surface area contributed by atoms with Gasteiger partial charge in [-0.3, -0.25) is 4.79 Å². The lowest BCUT2D eigenvalue weighted by molar-refractivity contribution is -0.118. The number of carbonyl (C=O) groups excluding carboxylic acids is 2. The summed E-state index contributed by atoms with van der Waals surface area (Å²) in [6.07, 6.45) is 2.98. The lowest BCUT2D eigenvalue weighted by atomic mass is 9.97. The number of nitrogens with two attached hydrogens (primary N) is 1. The molecular formula is C15H29N3O3. The first-order valence-corrected chi connectivity index (χ1v) is 7.75. The molecular weight excluding hydrogens is 270 g/mol. The van der Waals surface area contributed by atoms with Crippen LogP contribution in [0.3, 0.4) is 0 Å². The number of primary amides is 1. The van der Waals surface area contributed by atoms with Crippen LogP contribution in [-0.4, -0.2) is 48.7 Å². The molecule has 0 bridgehead atoms. The zero-order valence-electron chi connectivity index (χ0n) is 13.5. The molecule has 1 aliphatic heterocycles. The smallest absolute Gasteiger partial charge is 0.410 e. The minimum Gasteiger partial charge on any atom is -0.444 e. The van der Waals surface area contributed by atoms with E-state index in [4.69, 9.17) is 10.5 Å². The van der Waals surface area contributed by atoms with Crippen LogP contribution >= 0.6 is 0 Å². The fraction of sp³-hybridized carbons (Fsp3) is 0.867. The zero-order valence-corrected chi connectivity index (χ0v) is 13.5. The van der Waals surface area contributed by atoms with E-state index in [1.165, 1.54) is 0 Å². The number of hydrogen-bond donors (Lipinski definition) is 2. The number of nitrogens with zero attached hydrogens (tertiary/aromatic N) is 1. The van der Waals surface area contributed by atoms with Gasteiger partial charge in [0.25, 0.3) is 0 Å². The summed E-state index contributed by atoms with van der Waals surface area (Å²) in [6, 6.07) is 0. The van der Waals surface area contributed by atoms with Crippen LogP contribution in [0.2, 0.25) is 0 Å². The zero-order chi connectivity index (χ0) is 15.9. The van der Waals surface area contributed by atoms with E-state index in [0.29, 0.717) is 12.3 Å². The Bertz CT molecular complexity index is 345. The van der Waals surface area contributed by atoms with Crippen molar-refractivity contribution >= 4 is 12.0 Å². The number of ether oxygens (including phenoxy) is 1. The maximum absolute atomic E-state index is 11.9. The number of piperidine rings is 1. The number of hydrogen-bond acceptors (Lipinski definition) is 4. The molecule has 0 aliphatic carbocycles. The van der Waals surface area contributed by atoms with E-state index in [-0.39, 0.29) is 12.0 Å². The first-order valence-electron chi connectivity index (χ1n) is 7.75. The molecule has 1 saturated heterocycles. The molecule has 0 atom stereocenters. The predicted molar refractivity (Wildman–Crippen MR) is 81.8 cm³/mol. The van der Waals surface area contributed by atoms with Crippen molar-refractivity contribution in [1.29, 1.82) is 0 Å². The second kappa shape index (κ2) is 8.22. The Balaban J connectivity index is 2.14. The second-order valence-corrected chi connectivity index (χ2v) is 6.68. The minimum atomic E-state index is -0.435. The predicted octanol–water partition coefficient (Wildman–Crippen LogP) is 1.49. The van der Waals surface area contributed by atoms with E-state index in [0.717, 1.165) is 45.4 Å². The minimum absolute atomic E-state index is 0.213. The summed E-state index contributed by atoms with van der Waals surface area (Å²) in [5.41, 5.74) is 4.65. The van der Waals surface area contributed by atoms with Crippen molar-refractivity contribution in [3.63, 3.8) is 0 Å². The highest BCUT2D eigenvalue weighted by atomic mass is 16.6. The number of carbonyl (C=O) groups is 2. The largest absolute Gasteiger partial charge is 0.444 e. The normalized spacial score (nSPS) is 16.8. The summed E-state index contributed by atoms with van der Waals surface area (Å²) >= 11 is 0. The summed E-state index contributed by atoms with van der Waals surface area (Å²) in [7, 11) is 0. The molecule has 0 spiro atoms. The third-order valence-electron chi connectivity index (χ3n) is 3.48. The highest BCUT2D eigenvalue weighted by Gasteiger charge is 2.26. The molecule has 1 aliphatic rings. The van der Waals surface area contributed by atoms with Gasteiger partial charge in [0.2, 0.25) is 5.91 Å². The van der Waals surface area contributed by atoms with Gasteiger partial charge in [-0.25, -0.2) is 4.79 Å². The average molecular weight is 299 g/mol. The molecule has 6 heteroatoms. The van der Waals surface area contributed by atoms with Crippen LogP contribution in [0.1, 0.15) is 46.5 Å². The fourth-order valence-electron chi connectivity index (χ4n) is 2.34. The van der Waals surface area contributed by atoms with Crippen LogP contribution in [0.4, 0.5) is 4.79 Å². The molecule has 1 fully saturated rings. The van der Waals surface area contributed by atoms with Crippen molar-refractivity contribution < 1.29 is 14.3 Å². The van der Waals surface area contributed by atoms with Gasteiger partial charge in [-0.2, -0.15) is 0 Å². The monoisotopic (exact) mass is 299 g/mol. The molecule has 0 aromatic rings. The summed E-state index contributed by atoms with van der Waals surface area (Å²) in [4.78, 5) is 24.3. The van der Waals surface area contributed by atoms with Crippen molar-refractivity contribution in [2.24, 2.45) is 11.7 Å². The third-order valence-corrected chi connectivity index (χ3v) is 3.48. The quantitative estimate of drug-likeness (QED) is 0.728. The van der Waals surface area contributed by atoms with Gasteiger partial charge in [0.05, 0.1) is 0 Å². The van der Waals surface area contributed by atoms with Crippen molar-refractivity contribution in [1.82, 2.24) is 10.2 Å². The molecule has 6 nitrogen and oxygen atoms in total. The van der Waals surface area contributed by atoms with Gasteiger partial charge in [-0.05, 0) is 59.0 Å². The molecule has 1 rings (SSSR count). The first kappa shape index (κ1) is 17.8. The SMILES string of the molecule is CC(C)(C)OC(=O)N1CCC(CNCCCC(N)=O)CC1. The summed E-state index contributed by atoms with van der Waals surface area (Å²) in [6.45, 7) is 8.90. The van der Waals surface area contributed by atoms with Gasteiger partial charge in [0, 0.05) is 19.5 Å². The molecule has 122 valence electrons.